The van der Waals surface area contributed by atoms with Crippen LogP contribution in [0.1, 0.15) is 15.9 Å². The molecule has 0 aliphatic carbocycles. The minimum Gasteiger partial charge on any atom is -0.482 e. The molecule has 0 heterocycles. The molecule has 34 heavy (non-hydrogen) atoms. The maximum atomic E-state index is 13.6. The van der Waals surface area contributed by atoms with Crippen LogP contribution in [0.5, 0.6) is 5.75 Å². The SMILES string of the molecule is O=C(COc1ccc(/C=N\NC(=O)c2cccc3ccccc23)cc1Cl)Nc1ccccc1F. The van der Waals surface area contributed by atoms with Gasteiger partial charge in [-0.25, -0.2) is 9.82 Å². The lowest BCUT2D eigenvalue weighted by Gasteiger charge is -2.09. The Hall–Kier alpha value is -4.23. The van der Waals surface area contributed by atoms with Crippen molar-refractivity contribution in [2.24, 2.45) is 5.10 Å². The summed E-state index contributed by atoms with van der Waals surface area (Å²) in [6.45, 7) is -0.345. The molecule has 0 bridgehead atoms. The minimum atomic E-state index is -0.537. The quantitative estimate of drug-likeness (QED) is 0.277. The van der Waals surface area contributed by atoms with Crippen LogP contribution in [0, 0.1) is 5.82 Å². The first kappa shape index (κ1) is 22.9. The van der Waals surface area contributed by atoms with Crippen LogP contribution in [0.25, 0.3) is 10.8 Å². The second-order valence-corrected chi connectivity index (χ2v) is 7.64. The zero-order valence-corrected chi connectivity index (χ0v) is 18.6. The maximum Gasteiger partial charge on any atom is 0.271 e. The van der Waals surface area contributed by atoms with E-state index in [1.807, 2.05) is 36.4 Å². The summed E-state index contributed by atoms with van der Waals surface area (Å²) >= 11 is 6.24. The van der Waals surface area contributed by atoms with Crippen LogP contribution in [0.15, 0.2) is 90.0 Å². The number of hydrogen-bond acceptors (Lipinski definition) is 4. The topological polar surface area (TPSA) is 79.8 Å². The number of hydrazone groups is 1. The first-order valence-corrected chi connectivity index (χ1v) is 10.7. The average Bonchev–Trinajstić information content (AvgIpc) is 2.84. The average molecular weight is 476 g/mol. The number of hydrogen-bond donors (Lipinski definition) is 2. The number of carbonyl (C=O) groups is 2. The highest BCUT2D eigenvalue weighted by Gasteiger charge is 2.10. The van der Waals surface area contributed by atoms with Gasteiger partial charge in [-0.05, 0) is 52.7 Å². The standard InChI is InChI=1S/C26H19ClFN3O3/c27-21-14-17(12-13-24(21)34-16-25(32)30-23-11-4-3-10-22(23)28)15-29-31-26(33)20-9-5-7-18-6-1-2-8-19(18)20/h1-15H,16H2,(H,30,32)(H,31,33)/b29-15-. The highest BCUT2D eigenvalue weighted by atomic mass is 35.5. The fraction of sp³-hybridized carbons (Fsp3) is 0.0385. The molecule has 0 fully saturated rings. The number of anilines is 1. The Balaban J connectivity index is 1.34. The van der Waals surface area contributed by atoms with Crippen LogP contribution in [-0.2, 0) is 4.79 Å². The molecule has 4 aromatic rings. The monoisotopic (exact) mass is 475 g/mol. The molecule has 0 saturated carbocycles. The van der Waals surface area contributed by atoms with E-state index in [4.69, 9.17) is 16.3 Å². The lowest BCUT2D eigenvalue weighted by molar-refractivity contribution is -0.118. The molecule has 0 radical (unpaired) electrons. The third kappa shape index (κ3) is 5.57. The summed E-state index contributed by atoms with van der Waals surface area (Å²) in [4.78, 5) is 24.6. The Labute approximate surface area is 200 Å². The van der Waals surface area contributed by atoms with Crippen LogP contribution >= 0.6 is 11.6 Å². The van der Waals surface area contributed by atoms with Crippen LogP contribution in [0.3, 0.4) is 0 Å². The van der Waals surface area contributed by atoms with E-state index in [2.05, 4.69) is 15.8 Å². The van der Waals surface area contributed by atoms with Crippen LogP contribution in [0.2, 0.25) is 5.02 Å². The van der Waals surface area contributed by atoms with Gasteiger partial charge in [-0.2, -0.15) is 5.10 Å². The maximum absolute atomic E-state index is 13.6. The Morgan fingerprint density at radius 3 is 2.56 bits per heavy atom. The number of fused-ring (bicyclic) bond motifs is 1. The molecule has 0 aromatic heterocycles. The van der Waals surface area contributed by atoms with Crippen molar-refractivity contribution in [1.29, 1.82) is 0 Å². The number of ether oxygens (including phenoxy) is 1. The molecule has 0 unspecified atom stereocenters. The van der Waals surface area contributed by atoms with Crippen molar-refractivity contribution in [2.75, 3.05) is 11.9 Å². The van der Waals surface area contributed by atoms with Crippen molar-refractivity contribution in [3.05, 3.63) is 107 Å². The van der Waals surface area contributed by atoms with Gasteiger partial charge >= 0.3 is 0 Å². The Morgan fingerprint density at radius 2 is 1.74 bits per heavy atom. The molecule has 0 aliphatic rings. The van der Waals surface area contributed by atoms with E-state index >= 15 is 0 Å². The number of halogens is 2. The van der Waals surface area contributed by atoms with E-state index in [9.17, 15) is 14.0 Å². The van der Waals surface area contributed by atoms with E-state index in [-0.39, 0.29) is 29.0 Å². The Kier molecular flexibility index (Phi) is 7.15. The molecule has 170 valence electrons. The van der Waals surface area contributed by atoms with Gasteiger partial charge < -0.3 is 10.1 Å². The molecule has 0 atom stereocenters. The molecule has 2 N–H and O–H groups in total. The van der Waals surface area contributed by atoms with Crippen molar-refractivity contribution in [3.8, 4) is 5.75 Å². The Bertz CT molecular complexity index is 1390. The fourth-order valence-corrected chi connectivity index (χ4v) is 3.50. The van der Waals surface area contributed by atoms with Gasteiger partial charge in [-0.15, -0.1) is 0 Å². The summed E-state index contributed by atoms with van der Waals surface area (Å²) in [5.74, 6) is -1.12. The van der Waals surface area contributed by atoms with E-state index < -0.39 is 11.7 Å². The number of amides is 2. The van der Waals surface area contributed by atoms with Gasteiger partial charge in [-0.1, -0.05) is 60.1 Å². The second kappa shape index (κ2) is 10.6. The number of rotatable bonds is 7. The number of para-hydroxylation sites is 1. The van der Waals surface area contributed by atoms with Crippen LogP contribution in [0.4, 0.5) is 10.1 Å². The second-order valence-electron chi connectivity index (χ2n) is 7.23. The van der Waals surface area contributed by atoms with Crippen molar-refractivity contribution < 1.29 is 18.7 Å². The lowest BCUT2D eigenvalue weighted by Crippen LogP contribution is -2.20. The first-order chi connectivity index (χ1) is 16.5. The highest BCUT2D eigenvalue weighted by Crippen LogP contribution is 2.25. The summed E-state index contributed by atoms with van der Waals surface area (Å²) in [5.41, 5.74) is 3.72. The van der Waals surface area contributed by atoms with Crippen molar-refractivity contribution in [2.45, 2.75) is 0 Å². The van der Waals surface area contributed by atoms with E-state index in [1.165, 1.54) is 24.4 Å². The predicted molar refractivity (Wildman–Crippen MR) is 131 cm³/mol. The van der Waals surface area contributed by atoms with Crippen molar-refractivity contribution in [1.82, 2.24) is 5.43 Å². The Morgan fingerprint density at radius 1 is 0.971 bits per heavy atom. The zero-order chi connectivity index (χ0) is 23.9. The molecular weight excluding hydrogens is 457 g/mol. The molecule has 6 nitrogen and oxygen atoms in total. The summed E-state index contributed by atoms with van der Waals surface area (Å²) < 4.78 is 19.1. The molecule has 2 amide bonds. The molecular formula is C26H19ClFN3O3. The van der Waals surface area contributed by atoms with E-state index in [1.54, 1.807) is 30.3 Å². The third-order valence-corrected chi connectivity index (χ3v) is 5.17. The van der Waals surface area contributed by atoms with E-state index in [0.717, 1.165) is 10.8 Å². The minimum absolute atomic E-state index is 0.0688. The van der Waals surface area contributed by atoms with Crippen molar-refractivity contribution >= 4 is 46.1 Å². The number of nitrogens with zero attached hydrogens (tertiary/aromatic N) is 1. The van der Waals surface area contributed by atoms with Gasteiger partial charge in [0.05, 0.1) is 16.9 Å². The smallest absolute Gasteiger partial charge is 0.271 e. The number of nitrogens with one attached hydrogen (secondary N) is 2. The molecule has 0 aliphatic heterocycles. The van der Waals surface area contributed by atoms with Gasteiger partial charge in [0.25, 0.3) is 11.8 Å². The number of carbonyl (C=O) groups excluding carboxylic acids is 2. The highest BCUT2D eigenvalue weighted by molar-refractivity contribution is 6.32. The molecule has 0 spiro atoms. The molecule has 0 saturated heterocycles. The lowest BCUT2D eigenvalue weighted by atomic mass is 10.0. The summed E-state index contributed by atoms with van der Waals surface area (Å²) in [7, 11) is 0. The zero-order valence-electron chi connectivity index (χ0n) is 17.8. The van der Waals surface area contributed by atoms with Gasteiger partial charge in [0, 0.05) is 5.56 Å². The normalized spacial score (nSPS) is 10.9. The van der Waals surface area contributed by atoms with Gasteiger partial charge in [-0.3, -0.25) is 9.59 Å². The van der Waals surface area contributed by atoms with Crippen LogP contribution in [-0.4, -0.2) is 24.6 Å². The van der Waals surface area contributed by atoms with Crippen molar-refractivity contribution in [3.63, 3.8) is 0 Å². The summed E-state index contributed by atoms with van der Waals surface area (Å²) in [6.07, 6.45) is 1.45. The fourth-order valence-electron chi connectivity index (χ4n) is 3.26. The number of benzene rings is 4. The molecule has 8 heteroatoms. The summed E-state index contributed by atoms with van der Waals surface area (Å²) in [5, 5.41) is 8.48. The first-order valence-electron chi connectivity index (χ1n) is 10.3. The van der Waals surface area contributed by atoms with Gasteiger partial charge in [0.2, 0.25) is 0 Å². The van der Waals surface area contributed by atoms with E-state index in [0.29, 0.717) is 11.1 Å². The summed E-state index contributed by atoms with van der Waals surface area (Å²) in [6, 6.07) is 23.8. The predicted octanol–water partition coefficient (Wildman–Crippen LogP) is 5.41. The molecule has 4 rings (SSSR count). The van der Waals surface area contributed by atoms with Crippen LogP contribution < -0.4 is 15.5 Å². The van der Waals surface area contributed by atoms with Gasteiger partial charge in [0.1, 0.15) is 11.6 Å². The largest absolute Gasteiger partial charge is 0.482 e. The third-order valence-electron chi connectivity index (χ3n) is 4.88. The molecule has 4 aromatic carbocycles. The van der Waals surface area contributed by atoms with Gasteiger partial charge in [0.15, 0.2) is 6.61 Å².